The van der Waals surface area contributed by atoms with Gasteiger partial charge in [0.2, 0.25) is 0 Å². The molecule has 2 rings (SSSR count). The third-order valence-corrected chi connectivity index (χ3v) is 4.45. The number of unbranched alkanes of at least 4 members (excludes halogenated alkanes) is 1. The van der Waals surface area contributed by atoms with Gasteiger partial charge in [0.05, 0.1) is 0 Å². The Bertz CT molecular complexity index is 645. The van der Waals surface area contributed by atoms with Gasteiger partial charge in [-0.1, -0.05) is 48.0 Å². The van der Waals surface area contributed by atoms with E-state index in [1.54, 1.807) is 0 Å². The van der Waals surface area contributed by atoms with Crippen molar-refractivity contribution in [2.45, 2.75) is 31.8 Å². The van der Waals surface area contributed by atoms with Gasteiger partial charge in [-0.25, -0.2) is 0 Å². The number of ether oxygens (including phenoxy) is 1. The molecule has 0 radical (unpaired) electrons. The summed E-state index contributed by atoms with van der Waals surface area (Å²) in [4.78, 5) is 1.95. The van der Waals surface area contributed by atoms with Crippen molar-refractivity contribution in [3.63, 3.8) is 0 Å². The van der Waals surface area contributed by atoms with Crippen LogP contribution in [0, 0.1) is 0 Å². The predicted octanol–water partition coefficient (Wildman–Crippen LogP) is 4.21. The van der Waals surface area contributed by atoms with Crippen LogP contribution in [-0.2, 0) is 12.8 Å². The van der Waals surface area contributed by atoms with E-state index < -0.39 is 6.10 Å². The first-order chi connectivity index (χ1) is 12.1. The molecule has 0 spiro atoms. The summed E-state index contributed by atoms with van der Waals surface area (Å²) in [6.45, 7) is 0.912. The predicted molar refractivity (Wildman–Crippen MR) is 105 cm³/mol. The number of halogens is 1. The lowest BCUT2D eigenvalue weighted by atomic mass is 10.0. The fourth-order valence-electron chi connectivity index (χ4n) is 2.84. The number of aliphatic hydroxyl groups excluding tert-OH is 1. The molecule has 3 nitrogen and oxygen atoms in total. The Labute approximate surface area is 156 Å². The SMILES string of the molecule is CN(C)CC(O)COc1ccccc1CCCCc1ccccc1Cl. The first-order valence-electron chi connectivity index (χ1n) is 8.83. The molecule has 25 heavy (non-hydrogen) atoms. The Kier molecular flexibility index (Phi) is 8.26. The van der Waals surface area contributed by atoms with Crippen LogP contribution in [0.2, 0.25) is 5.02 Å². The molecular weight excluding hydrogens is 334 g/mol. The molecule has 0 aliphatic rings. The van der Waals surface area contributed by atoms with Crippen LogP contribution in [0.15, 0.2) is 48.5 Å². The molecule has 0 saturated heterocycles. The molecule has 0 heterocycles. The van der Waals surface area contributed by atoms with Crippen LogP contribution in [0.3, 0.4) is 0 Å². The molecule has 0 bridgehead atoms. The van der Waals surface area contributed by atoms with Crippen molar-refractivity contribution in [2.24, 2.45) is 0 Å². The molecule has 1 atom stereocenters. The first kappa shape index (κ1) is 19.8. The highest BCUT2D eigenvalue weighted by molar-refractivity contribution is 6.31. The third kappa shape index (κ3) is 7.07. The van der Waals surface area contributed by atoms with Gasteiger partial charge in [0.15, 0.2) is 0 Å². The number of hydrogen-bond acceptors (Lipinski definition) is 3. The van der Waals surface area contributed by atoms with Crippen LogP contribution >= 0.6 is 11.6 Å². The Hall–Kier alpha value is -1.55. The van der Waals surface area contributed by atoms with Crippen LogP contribution in [0.5, 0.6) is 5.75 Å². The quantitative estimate of drug-likeness (QED) is 0.643. The van der Waals surface area contributed by atoms with Crippen molar-refractivity contribution in [3.05, 3.63) is 64.7 Å². The van der Waals surface area contributed by atoms with Gasteiger partial charge in [-0.3, -0.25) is 0 Å². The van der Waals surface area contributed by atoms with Crippen LogP contribution < -0.4 is 4.74 Å². The molecule has 0 fully saturated rings. The summed E-state index contributed by atoms with van der Waals surface area (Å²) >= 11 is 6.21. The van der Waals surface area contributed by atoms with Crippen molar-refractivity contribution in [3.8, 4) is 5.75 Å². The van der Waals surface area contributed by atoms with Crippen molar-refractivity contribution < 1.29 is 9.84 Å². The Balaban J connectivity index is 1.81. The minimum Gasteiger partial charge on any atom is -0.491 e. The normalized spacial score (nSPS) is 12.4. The zero-order chi connectivity index (χ0) is 18.1. The lowest BCUT2D eigenvalue weighted by Crippen LogP contribution is -2.30. The molecule has 2 aromatic carbocycles. The van der Waals surface area contributed by atoms with Gasteiger partial charge >= 0.3 is 0 Å². The second-order valence-corrected chi connectivity index (χ2v) is 7.04. The molecule has 1 N–H and O–H groups in total. The number of hydrogen-bond donors (Lipinski definition) is 1. The average Bonchev–Trinajstić information content (AvgIpc) is 2.58. The number of benzene rings is 2. The molecule has 0 aromatic heterocycles. The fourth-order valence-corrected chi connectivity index (χ4v) is 3.07. The number of rotatable bonds is 10. The monoisotopic (exact) mass is 361 g/mol. The fraction of sp³-hybridized carbons (Fsp3) is 0.429. The van der Waals surface area contributed by atoms with Gasteiger partial charge in [-0.05, 0) is 63.0 Å². The van der Waals surface area contributed by atoms with Gasteiger partial charge in [0.25, 0.3) is 0 Å². The van der Waals surface area contributed by atoms with Crippen molar-refractivity contribution in [1.82, 2.24) is 4.90 Å². The lowest BCUT2D eigenvalue weighted by Gasteiger charge is -2.18. The summed E-state index contributed by atoms with van der Waals surface area (Å²) in [5.74, 6) is 0.873. The Morgan fingerprint density at radius 2 is 1.56 bits per heavy atom. The second kappa shape index (κ2) is 10.4. The molecule has 1 unspecified atom stereocenters. The van der Waals surface area contributed by atoms with Gasteiger partial charge in [-0.15, -0.1) is 0 Å². The molecule has 0 saturated carbocycles. The number of nitrogens with zero attached hydrogens (tertiary/aromatic N) is 1. The van der Waals surface area contributed by atoms with E-state index in [4.69, 9.17) is 16.3 Å². The Morgan fingerprint density at radius 3 is 2.24 bits per heavy atom. The first-order valence-corrected chi connectivity index (χ1v) is 9.21. The zero-order valence-corrected chi connectivity index (χ0v) is 15.9. The summed E-state index contributed by atoms with van der Waals surface area (Å²) in [5, 5.41) is 10.8. The van der Waals surface area contributed by atoms with E-state index in [2.05, 4.69) is 12.1 Å². The van der Waals surface area contributed by atoms with Crippen LogP contribution in [0.4, 0.5) is 0 Å². The summed E-state index contributed by atoms with van der Waals surface area (Å²) in [6, 6.07) is 16.1. The van der Waals surface area contributed by atoms with Gasteiger partial charge < -0.3 is 14.7 Å². The highest BCUT2D eigenvalue weighted by Crippen LogP contribution is 2.22. The molecule has 4 heteroatoms. The van der Waals surface area contributed by atoms with E-state index in [-0.39, 0.29) is 0 Å². The molecule has 0 amide bonds. The van der Waals surface area contributed by atoms with E-state index in [9.17, 15) is 5.11 Å². The average molecular weight is 362 g/mol. The van der Waals surface area contributed by atoms with E-state index in [1.165, 1.54) is 11.1 Å². The number of aryl methyl sites for hydroxylation is 2. The second-order valence-electron chi connectivity index (χ2n) is 6.63. The maximum absolute atomic E-state index is 9.96. The minimum absolute atomic E-state index is 0.314. The maximum atomic E-state index is 9.96. The topological polar surface area (TPSA) is 32.7 Å². The van der Waals surface area contributed by atoms with Crippen molar-refractivity contribution in [2.75, 3.05) is 27.2 Å². The number of likely N-dealkylation sites (N-methyl/N-ethyl adjacent to an activating group) is 1. The maximum Gasteiger partial charge on any atom is 0.122 e. The van der Waals surface area contributed by atoms with Crippen LogP contribution in [-0.4, -0.2) is 43.4 Å². The van der Waals surface area contributed by atoms with Gasteiger partial charge in [0, 0.05) is 11.6 Å². The standard InChI is InChI=1S/C21H28ClNO2/c1-23(2)15-19(24)16-25-21-14-8-6-12-18(21)11-4-3-9-17-10-5-7-13-20(17)22/h5-8,10,12-14,19,24H,3-4,9,11,15-16H2,1-2H3. The van der Waals surface area contributed by atoms with E-state index >= 15 is 0 Å². The third-order valence-electron chi connectivity index (χ3n) is 4.08. The summed E-state index contributed by atoms with van der Waals surface area (Å²) < 4.78 is 5.84. The minimum atomic E-state index is -0.483. The molecular formula is C21H28ClNO2. The van der Waals surface area contributed by atoms with Gasteiger partial charge in [0.1, 0.15) is 18.5 Å². The van der Waals surface area contributed by atoms with Crippen molar-refractivity contribution in [1.29, 1.82) is 0 Å². The van der Waals surface area contributed by atoms with Crippen LogP contribution in [0.25, 0.3) is 0 Å². The van der Waals surface area contributed by atoms with E-state index in [0.29, 0.717) is 13.2 Å². The lowest BCUT2D eigenvalue weighted by molar-refractivity contribution is 0.0827. The largest absolute Gasteiger partial charge is 0.491 e. The van der Waals surface area contributed by atoms with Gasteiger partial charge in [-0.2, -0.15) is 0 Å². The zero-order valence-electron chi connectivity index (χ0n) is 15.1. The molecule has 2 aromatic rings. The summed E-state index contributed by atoms with van der Waals surface area (Å²) in [6.07, 6.45) is 3.63. The van der Waals surface area contributed by atoms with Crippen LogP contribution in [0.1, 0.15) is 24.0 Å². The highest BCUT2D eigenvalue weighted by Gasteiger charge is 2.09. The molecule has 136 valence electrons. The number of aliphatic hydroxyl groups is 1. The number of para-hydroxylation sites is 1. The summed E-state index contributed by atoms with van der Waals surface area (Å²) in [7, 11) is 3.88. The summed E-state index contributed by atoms with van der Waals surface area (Å²) in [5.41, 5.74) is 2.40. The molecule has 0 aliphatic heterocycles. The van der Waals surface area contributed by atoms with E-state index in [0.717, 1.165) is 36.5 Å². The molecule has 0 aliphatic carbocycles. The van der Waals surface area contributed by atoms with Crippen molar-refractivity contribution >= 4 is 11.6 Å². The highest BCUT2D eigenvalue weighted by atomic mass is 35.5. The Morgan fingerprint density at radius 1 is 0.960 bits per heavy atom. The van der Waals surface area contributed by atoms with E-state index in [1.807, 2.05) is 55.4 Å². The smallest absolute Gasteiger partial charge is 0.122 e.